The lowest BCUT2D eigenvalue weighted by molar-refractivity contribution is -0.167. The van der Waals surface area contributed by atoms with E-state index in [4.69, 9.17) is 14.2 Å². The lowest BCUT2D eigenvalue weighted by atomic mass is 10.0. The van der Waals surface area contributed by atoms with Crippen molar-refractivity contribution in [3.05, 3.63) is 97.2 Å². The smallest absolute Gasteiger partial charge is 0.306 e. The Morgan fingerprint density at radius 1 is 0.263 bits per heavy atom. The van der Waals surface area contributed by atoms with Crippen LogP contribution >= 0.6 is 0 Å². The lowest BCUT2D eigenvalue weighted by Gasteiger charge is -2.18. The van der Waals surface area contributed by atoms with E-state index >= 15 is 0 Å². The van der Waals surface area contributed by atoms with E-state index in [1.165, 1.54) is 167 Å². The molecule has 0 aliphatic rings. The molecule has 0 bridgehead atoms. The van der Waals surface area contributed by atoms with E-state index in [9.17, 15) is 14.4 Å². The number of unbranched alkanes of at least 4 members (excludes halogenated alkanes) is 35. The topological polar surface area (TPSA) is 78.9 Å². The highest BCUT2D eigenvalue weighted by molar-refractivity contribution is 5.71. The summed E-state index contributed by atoms with van der Waals surface area (Å²) >= 11 is 0. The summed E-state index contributed by atoms with van der Waals surface area (Å²) in [7, 11) is 0. The van der Waals surface area contributed by atoms with Gasteiger partial charge in [0.1, 0.15) is 13.2 Å². The fourth-order valence-electron chi connectivity index (χ4n) is 9.72. The molecule has 1 unspecified atom stereocenters. The Kier molecular flexibility index (Phi) is 64.7. The average Bonchev–Trinajstić information content (AvgIpc) is 3.46. The number of carbonyl (C=O) groups is 3. The summed E-state index contributed by atoms with van der Waals surface area (Å²) in [6, 6.07) is 0. The zero-order valence-electron chi connectivity index (χ0n) is 52.8. The SMILES string of the molecule is CC/C=C\C/C=C\C/C=C\C/C=C\C/C=C\C/C=C\C/C=C\CCCCCC(=O)OC(COC(=O)CCCCCCC/C=C\CCC)COC(=O)CCCCCCCCCCCCCCCCCCCCCCCCCCCCC. The third-order valence-electron chi connectivity index (χ3n) is 14.8. The fourth-order valence-corrected chi connectivity index (χ4v) is 9.72. The van der Waals surface area contributed by atoms with E-state index in [1.807, 2.05) is 0 Å². The van der Waals surface area contributed by atoms with Gasteiger partial charge >= 0.3 is 17.9 Å². The van der Waals surface area contributed by atoms with Crippen molar-refractivity contribution in [3.8, 4) is 0 Å². The minimum absolute atomic E-state index is 0.0916. The first-order valence-corrected chi connectivity index (χ1v) is 34.2. The van der Waals surface area contributed by atoms with Crippen molar-refractivity contribution in [2.75, 3.05) is 13.2 Å². The van der Waals surface area contributed by atoms with E-state index in [0.29, 0.717) is 12.8 Å². The van der Waals surface area contributed by atoms with E-state index in [0.717, 1.165) is 128 Å². The van der Waals surface area contributed by atoms with Crippen molar-refractivity contribution < 1.29 is 28.6 Å². The van der Waals surface area contributed by atoms with Gasteiger partial charge in [-0.1, -0.05) is 317 Å². The molecule has 0 spiro atoms. The highest BCUT2D eigenvalue weighted by Crippen LogP contribution is 2.18. The predicted molar refractivity (Wildman–Crippen MR) is 348 cm³/mol. The summed E-state index contributed by atoms with van der Waals surface area (Å²) < 4.78 is 16.9. The van der Waals surface area contributed by atoms with Gasteiger partial charge in [0.2, 0.25) is 0 Å². The van der Waals surface area contributed by atoms with E-state index in [-0.39, 0.29) is 37.5 Å². The van der Waals surface area contributed by atoms with Crippen LogP contribution in [0.5, 0.6) is 0 Å². The normalized spacial score (nSPS) is 12.7. The number of hydrogen-bond acceptors (Lipinski definition) is 6. The van der Waals surface area contributed by atoms with Crippen LogP contribution in [0.3, 0.4) is 0 Å². The molecule has 0 N–H and O–H groups in total. The van der Waals surface area contributed by atoms with Crippen molar-refractivity contribution in [2.24, 2.45) is 0 Å². The molecule has 0 aliphatic heterocycles. The van der Waals surface area contributed by atoms with Gasteiger partial charge in [-0.05, 0) is 96.3 Å². The second kappa shape index (κ2) is 67.8. The Balaban J connectivity index is 4.25. The number of esters is 3. The molecule has 0 aromatic rings. The molecule has 460 valence electrons. The summed E-state index contributed by atoms with van der Waals surface area (Å²) in [5.74, 6) is -0.924. The molecule has 0 aliphatic carbocycles. The number of rotatable bonds is 62. The number of hydrogen-bond donors (Lipinski definition) is 0. The van der Waals surface area contributed by atoms with Crippen LogP contribution in [0.25, 0.3) is 0 Å². The summed E-state index contributed by atoms with van der Waals surface area (Å²) in [4.78, 5) is 38.3. The van der Waals surface area contributed by atoms with E-state index in [1.54, 1.807) is 0 Å². The van der Waals surface area contributed by atoms with Gasteiger partial charge in [-0.2, -0.15) is 0 Å². The van der Waals surface area contributed by atoms with Crippen LogP contribution in [0.4, 0.5) is 0 Å². The number of carbonyl (C=O) groups excluding carboxylic acids is 3. The maximum absolute atomic E-state index is 12.9. The quantitative estimate of drug-likeness (QED) is 0.0261. The molecule has 1 atom stereocenters. The Labute approximate surface area is 496 Å². The maximum atomic E-state index is 12.9. The van der Waals surface area contributed by atoms with Crippen LogP contribution < -0.4 is 0 Å². The van der Waals surface area contributed by atoms with Gasteiger partial charge in [-0.25, -0.2) is 0 Å². The minimum atomic E-state index is -0.799. The van der Waals surface area contributed by atoms with Crippen LogP contribution in [0.2, 0.25) is 0 Å². The first kappa shape index (κ1) is 76.3. The monoisotopic (exact) mass is 1110 g/mol. The second-order valence-electron chi connectivity index (χ2n) is 22.7. The third kappa shape index (κ3) is 65.1. The summed E-state index contributed by atoms with van der Waals surface area (Å²) in [5, 5.41) is 0. The second-order valence-corrected chi connectivity index (χ2v) is 22.7. The third-order valence-corrected chi connectivity index (χ3v) is 14.8. The molecular formula is C74H128O6. The number of ether oxygens (including phenoxy) is 3. The van der Waals surface area contributed by atoms with E-state index < -0.39 is 6.10 Å². The molecule has 0 aromatic heterocycles. The van der Waals surface area contributed by atoms with Crippen LogP contribution in [0.15, 0.2) is 97.2 Å². The summed E-state index contributed by atoms with van der Waals surface area (Å²) in [5.41, 5.74) is 0. The van der Waals surface area contributed by atoms with Crippen LogP contribution in [0.1, 0.15) is 335 Å². The molecule has 6 heteroatoms. The van der Waals surface area contributed by atoms with Gasteiger partial charge < -0.3 is 14.2 Å². The van der Waals surface area contributed by atoms with Crippen molar-refractivity contribution in [2.45, 2.75) is 341 Å². The van der Waals surface area contributed by atoms with Gasteiger partial charge in [0.05, 0.1) is 0 Å². The van der Waals surface area contributed by atoms with Gasteiger partial charge in [-0.15, -0.1) is 0 Å². The first-order chi connectivity index (χ1) is 39.5. The molecule has 0 rings (SSSR count). The Hall–Kier alpha value is -3.67. The molecule has 0 aromatic carbocycles. The minimum Gasteiger partial charge on any atom is -0.462 e. The molecular weight excluding hydrogens is 985 g/mol. The van der Waals surface area contributed by atoms with Gasteiger partial charge in [0, 0.05) is 19.3 Å². The zero-order chi connectivity index (χ0) is 57.8. The molecule has 0 saturated carbocycles. The summed E-state index contributed by atoms with van der Waals surface area (Å²) in [6.07, 6.45) is 91.6. The molecule has 0 heterocycles. The van der Waals surface area contributed by atoms with Gasteiger partial charge in [-0.3, -0.25) is 14.4 Å². The maximum Gasteiger partial charge on any atom is 0.306 e. The van der Waals surface area contributed by atoms with Crippen molar-refractivity contribution in [1.82, 2.24) is 0 Å². The standard InChI is InChI=1S/C74H128O6/c1-4-7-10-13-16-19-22-24-26-28-30-32-34-36-37-39-40-42-44-46-48-50-52-55-58-61-64-67-73(76)79-70-71(69-78-72(75)66-63-60-57-54-21-18-15-12-9-6-3)80-74(77)68-65-62-59-56-53-51-49-47-45-43-41-38-35-33-31-29-27-25-23-20-17-14-11-8-5-2/h8,11-12,15,17,20,25,27,31,33,38,41,45,47,51,53,71H,4-7,9-10,13-14,16,18-19,21-24,26,28-30,32,34-37,39-40,42-44,46,48-50,52,54-70H2,1-3H3/b11-8-,15-12-,20-17-,27-25-,33-31-,41-38-,47-45-,53-51-. The van der Waals surface area contributed by atoms with Gasteiger partial charge in [0.15, 0.2) is 6.10 Å². The van der Waals surface area contributed by atoms with Crippen LogP contribution in [-0.2, 0) is 28.6 Å². The highest BCUT2D eigenvalue weighted by Gasteiger charge is 2.19. The van der Waals surface area contributed by atoms with Crippen LogP contribution in [0, 0.1) is 0 Å². The van der Waals surface area contributed by atoms with Crippen molar-refractivity contribution in [1.29, 1.82) is 0 Å². The summed E-state index contributed by atoms with van der Waals surface area (Å²) in [6.45, 7) is 6.47. The average molecular weight is 1110 g/mol. The Bertz CT molecular complexity index is 1560. The number of allylic oxidation sites excluding steroid dienone is 16. The first-order valence-electron chi connectivity index (χ1n) is 34.2. The molecule has 6 nitrogen and oxygen atoms in total. The lowest BCUT2D eigenvalue weighted by Crippen LogP contribution is -2.30. The Morgan fingerprint density at radius 2 is 0.512 bits per heavy atom. The molecule has 0 fully saturated rings. The van der Waals surface area contributed by atoms with Crippen molar-refractivity contribution >= 4 is 17.9 Å². The van der Waals surface area contributed by atoms with Gasteiger partial charge in [0.25, 0.3) is 0 Å². The fraction of sp³-hybridized carbons (Fsp3) is 0.743. The Morgan fingerprint density at radius 3 is 0.838 bits per heavy atom. The highest BCUT2D eigenvalue weighted by atomic mass is 16.6. The predicted octanol–water partition coefficient (Wildman–Crippen LogP) is 23.6. The largest absolute Gasteiger partial charge is 0.462 e. The molecule has 0 amide bonds. The van der Waals surface area contributed by atoms with Crippen molar-refractivity contribution in [3.63, 3.8) is 0 Å². The molecule has 0 radical (unpaired) electrons. The van der Waals surface area contributed by atoms with E-state index in [2.05, 4.69) is 118 Å². The zero-order valence-corrected chi connectivity index (χ0v) is 52.8. The molecule has 80 heavy (non-hydrogen) atoms. The molecule has 0 saturated heterocycles. The van der Waals surface area contributed by atoms with Crippen LogP contribution in [-0.4, -0.2) is 37.2 Å².